The molecular weight excluding hydrogens is 843 g/mol. The molecule has 11 atom stereocenters. The molecule has 0 aromatic rings. The van der Waals surface area contributed by atoms with Gasteiger partial charge in [-0.1, -0.05) is 41.0 Å². The predicted octanol–water partition coefficient (Wildman–Crippen LogP) is -0.536. The molecular formula is C42H79N6O14P. The van der Waals surface area contributed by atoms with Gasteiger partial charge in [-0.15, -0.1) is 9.24 Å². The minimum absolute atomic E-state index is 0.00186. The van der Waals surface area contributed by atoms with Crippen LogP contribution in [0, 0.1) is 23.7 Å². The van der Waals surface area contributed by atoms with Gasteiger partial charge < -0.3 is 70.9 Å². The first-order valence-corrected chi connectivity index (χ1v) is 23.1. The number of aliphatic hydroxyl groups is 3. The number of carbonyl (C=O) groups is 6. The molecule has 1 aliphatic heterocycles. The molecule has 1 rings (SSSR count). The predicted molar refractivity (Wildman–Crippen MR) is 237 cm³/mol. The van der Waals surface area contributed by atoms with Crippen LogP contribution in [0.25, 0.3) is 0 Å². The Labute approximate surface area is 375 Å². The molecule has 63 heavy (non-hydrogen) atoms. The van der Waals surface area contributed by atoms with Crippen molar-refractivity contribution >= 4 is 44.7 Å². The summed E-state index contributed by atoms with van der Waals surface area (Å²) in [5.41, 5.74) is -1.29. The minimum atomic E-state index is -1.42. The molecule has 366 valence electrons. The summed E-state index contributed by atoms with van der Waals surface area (Å²) in [6, 6.07) is -1.04. The Balaban J connectivity index is 2.97. The summed E-state index contributed by atoms with van der Waals surface area (Å²) in [5, 5.41) is 47.2. The lowest BCUT2D eigenvalue weighted by Crippen LogP contribution is -2.64. The van der Waals surface area contributed by atoms with Gasteiger partial charge in [0.1, 0.15) is 29.9 Å². The van der Waals surface area contributed by atoms with E-state index in [0.717, 1.165) is 12.8 Å². The van der Waals surface area contributed by atoms with Crippen molar-refractivity contribution in [1.82, 2.24) is 31.9 Å². The largest absolute Gasteiger partial charge is 0.394 e. The summed E-state index contributed by atoms with van der Waals surface area (Å²) < 4.78 is 29.5. The average molecular weight is 923 g/mol. The van der Waals surface area contributed by atoms with Gasteiger partial charge in [0.05, 0.1) is 52.9 Å². The third kappa shape index (κ3) is 23.6. The second kappa shape index (κ2) is 32.6. The highest BCUT2D eigenvalue weighted by atomic mass is 31.0. The molecule has 11 unspecified atom stereocenters. The van der Waals surface area contributed by atoms with Crippen LogP contribution in [0.4, 0.5) is 0 Å². The van der Waals surface area contributed by atoms with Crippen LogP contribution in [-0.4, -0.2) is 166 Å². The van der Waals surface area contributed by atoms with Crippen molar-refractivity contribution in [2.24, 2.45) is 23.7 Å². The van der Waals surface area contributed by atoms with E-state index in [4.69, 9.17) is 23.7 Å². The SMILES string of the molecule is CCCNC(=O)CCOCC(COCCC(=O)NCC)(COCCC(=O)NCC(CC)CC(C)COC1OC(CO)C(O)C(O)C1NC(C)=O)NC(=O)C(C)CC(C)C(=O)NCP. The molecule has 1 heterocycles. The zero-order valence-corrected chi connectivity index (χ0v) is 39.7. The zero-order valence-electron chi connectivity index (χ0n) is 38.5. The van der Waals surface area contributed by atoms with Gasteiger partial charge in [0.15, 0.2) is 6.29 Å². The first-order valence-electron chi connectivity index (χ1n) is 22.3. The Hall–Kier alpha value is -3.07. The van der Waals surface area contributed by atoms with E-state index < -0.39 is 60.5 Å². The van der Waals surface area contributed by atoms with Gasteiger partial charge in [0.2, 0.25) is 35.4 Å². The fourth-order valence-corrected chi connectivity index (χ4v) is 7.02. The lowest BCUT2D eigenvalue weighted by Gasteiger charge is -2.42. The quantitative estimate of drug-likeness (QED) is 0.0290. The molecule has 6 amide bonds. The molecule has 0 aromatic carbocycles. The van der Waals surface area contributed by atoms with Crippen LogP contribution < -0.4 is 31.9 Å². The van der Waals surface area contributed by atoms with Crippen LogP contribution in [0.5, 0.6) is 0 Å². The van der Waals surface area contributed by atoms with Crippen LogP contribution in [0.2, 0.25) is 0 Å². The van der Waals surface area contributed by atoms with Gasteiger partial charge in [0, 0.05) is 63.9 Å². The lowest BCUT2D eigenvalue weighted by atomic mass is 9.93. The summed E-state index contributed by atoms with van der Waals surface area (Å²) in [6.07, 6.45) is -2.05. The molecule has 21 heteroatoms. The maximum Gasteiger partial charge on any atom is 0.223 e. The number of nitrogens with one attached hydrogen (secondary N) is 6. The summed E-state index contributed by atoms with van der Waals surface area (Å²) in [6.45, 7) is 13.1. The molecule has 1 saturated heterocycles. The molecule has 1 aliphatic rings. The molecule has 0 radical (unpaired) electrons. The van der Waals surface area contributed by atoms with E-state index in [2.05, 4.69) is 41.1 Å². The highest BCUT2D eigenvalue weighted by molar-refractivity contribution is 7.16. The maximum absolute atomic E-state index is 13.7. The fraction of sp³-hybridized carbons (Fsp3) is 0.857. The Bertz CT molecular complexity index is 1370. The van der Waals surface area contributed by atoms with Crippen LogP contribution in [-0.2, 0) is 52.5 Å². The van der Waals surface area contributed by atoms with E-state index in [0.29, 0.717) is 32.3 Å². The first kappa shape index (κ1) is 57.9. The summed E-state index contributed by atoms with van der Waals surface area (Å²) in [7, 11) is 2.43. The van der Waals surface area contributed by atoms with E-state index in [9.17, 15) is 44.1 Å². The van der Waals surface area contributed by atoms with Gasteiger partial charge in [-0.3, -0.25) is 28.8 Å². The van der Waals surface area contributed by atoms with Crippen molar-refractivity contribution in [3.63, 3.8) is 0 Å². The van der Waals surface area contributed by atoms with Crippen molar-refractivity contribution in [1.29, 1.82) is 0 Å². The van der Waals surface area contributed by atoms with Crippen molar-refractivity contribution in [3.8, 4) is 0 Å². The van der Waals surface area contributed by atoms with Crippen LogP contribution in [0.3, 0.4) is 0 Å². The number of rotatable bonds is 34. The number of hydrogen-bond donors (Lipinski definition) is 9. The van der Waals surface area contributed by atoms with Crippen molar-refractivity contribution < 1.29 is 67.8 Å². The highest BCUT2D eigenvalue weighted by Gasteiger charge is 2.45. The molecule has 0 bridgehead atoms. The average Bonchev–Trinajstić information content (AvgIpc) is 3.24. The van der Waals surface area contributed by atoms with Gasteiger partial charge >= 0.3 is 0 Å². The molecule has 0 aliphatic carbocycles. The number of hydrogen-bond acceptors (Lipinski definition) is 14. The van der Waals surface area contributed by atoms with Gasteiger partial charge in [-0.05, 0) is 38.0 Å². The molecule has 20 nitrogen and oxygen atoms in total. The normalized spacial score (nSPS) is 21.5. The molecule has 1 fully saturated rings. The van der Waals surface area contributed by atoms with E-state index in [1.165, 1.54) is 6.92 Å². The number of amides is 6. The summed E-state index contributed by atoms with van der Waals surface area (Å²) >= 11 is 0. The fourth-order valence-electron chi connectivity index (χ4n) is 6.82. The molecule has 0 saturated carbocycles. The summed E-state index contributed by atoms with van der Waals surface area (Å²) in [4.78, 5) is 75.4. The minimum Gasteiger partial charge on any atom is -0.394 e. The van der Waals surface area contributed by atoms with E-state index in [1.54, 1.807) is 20.8 Å². The lowest BCUT2D eigenvalue weighted by molar-refractivity contribution is -0.272. The number of ether oxygens (including phenoxy) is 5. The van der Waals surface area contributed by atoms with Gasteiger partial charge in [-0.25, -0.2) is 0 Å². The van der Waals surface area contributed by atoms with Gasteiger partial charge in [0.25, 0.3) is 0 Å². The summed E-state index contributed by atoms with van der Waals surface area (Å²) in [5.74, 6) is -2.67. The Morgan fingerprint density at radius 2 is 1.32 bits per heavy atom. The number of aliphatic hydroxyl groups excluding tert-OH is 3. The van der Waals surface area contributed by atoms with Crippen LogP contribution in [0.15, 0.2) is 0 Å². The molecule has 0 aromatic heterocycles. The van der Waals surface area contributed by atoms with Gasteiger partial charge in [-0.2, -0.15) is 0 Å². The van der Waals surface area contributed by atoms with E-state index in [-0.39, 0.29) is 113 Å². The molecule has 9 N–H and O–H groups in total. The standard InChI is InChI=1S/C42H79N6O14P/c1-8-14-44-34(52)12-16-59-24-42(23-58-15-11-33(51)43-10-3,48-40(57)29(6)19-28(5)39(56)46-26-63)25-60-17-13-35(53)45-20-31(9-2)18-27(4)22-61-41-36(47-30(7)50)38(55)37(54)32(21-49)62-41/h27-29,31-32,36-38,41,49,54-55H,8-26,63H2,1-7H3,(H,43,51)(H,44,52)(H,45,53)(H,46,56)(H,47,50)(H,48,57). The highest BCUT2D eigenvalue weighted by Crippen LogP contribution is 2.24. The Morgan fingerprint density at radius 3 is 1.83 bits per heavy atom. The first-order chi connectivity index (χ1) is 30.0. The van der Waals surface area contributed by atoms with Crippen molar-refractivity contribution in [2.45, 2.75) is 130 Å². The third-order valence-corrected chi connectivity index (χ3v) is 10.7. The monoisotopic (exact) mass is 923 g/mol. The smallest absolute Gasteiger partial charge is 0.223 e. The third-order valence-electron chi connectivity index (χ3n) is 10.5. The maximum atomic E-state index is 13.7. The second-order valence-corrected chi connectivity index (χ2v) is 16.9. The van der Waals surface area contributed by atoms with Crippen LogP contribution >= 0.6 is 9.24 Å². The Kier molecular flexibility index (Phi) is 30.0. The van der Waals surface area contributed by atoms with Crippen LogP contribution in [0.1, 0.15) is 93.4 Å². The second-order valence-electron chi connectivity index (χ2n) is 16.4. The Morgan fingerprint density at radius 1 is 0.762 bits per heavy atom. The van der Waals surface area contributed by atoms with Crippen molar-refractivity contribution in [2.75, 3.05) is 78.8 Å². The topological polar surface area (TPSA) is 281 Å². The number of carbonyl (C=O) groups excluding carboxylic acids is 6. The van der Waals surface area contributed by atoms with E-state index >= 15 is 0 Å². The zero-order chi connectivity index (χ0) is 47.4. The van der Waals surface area contributed by atoms with Crippen molar-refractivity contribution in [3.05, 3.63) is 0 Å². The molecule has 0 spiro atoms. The van der Waals surface area contributed by atoms with E-state index in [1.807, 2.05) is 20.8 Å².